The zero-order valence-electron chi connectivity index (χ0n) is 11.9. The normalized spacial score (nSPS) is 12.1. The summed E-state index contributed by atoms with van der Waals surface area (Å²) in [6.07, 6.45) is 0.624. The van der Waals surface area contributed by atoms with Crippen LogP contribution in [0.4, 0.5) is 0 Å². The molecule has 1 atom stereocenters. The topological polar surface area (TPSA) is 70.9 Å². The van der Waals surface area contributed by atoms with E-state index in [-0.39, 0.29) is 5.75 Å². The van der Waals surface area contributed by atoms with Crippen molar-refractivity contribution in [3.05, 3.63) is 59.1 Å². The standard InChI is InChI=1S/C16H15ClN2O3/c1-11(22-14-7-4-6-13(17)9-14)16(21)19-18-10-12-5-2-3-8-15(12)20/h2-11,20H,1H3,(H,19,21)/b18-10-/t11-/m0/s1. The van der Waals surface area contributed by atoms with Crippen molar-refractivity contribution >= 4 is 23.7 Å². The molecule has 2 rings (SSSR count). The lowest BCUT2D eigenvalue weighted by Gasteiger charge is -2.12. The molecule has 0 aliphatic carbocycles. The van der Waals surface area contributed by atoms with Crippen LogP contribution in [0.1, 0.15) is 12.5 Å². The number of phenols is 1. The molecule has 1 amide bonds. The van der Waals surface area contributed by atoms with E-state index < -0.39 is 12.0 Å². The fourth-order valence-electron chi connectivity index (χ4n) is 1.65. The summed E-state index contributed by atoms with van der Waals surface area (Å²) in [5.74, 6) is 0.176. The lowest BCUT2D eigenvalue weighted by Crippen LogP contribution is -2.33. The van der Waals surface area contributed by atoms with Crippen molar-refractivity contribution in [1.82, 2.24) is 5.43 Å². The minimum absolute atomic E-state index is 0.0868. The molecule has 6 heteroatoms. The van der Waals surface area contributed by atoms with Gasteiger partial charge in [0.15, 0.2) is 6.10 Å². The lowest BCUT2D eigenvalue weighted by molar-refractivity contribution is -0.127. The SMILES string of the molecule is C[C@H](Oc1cccc(Cl)c1)C(=O)N/N=C\c1ccccc1O. The number of hydrogen-bond donors (Lipinski definition) is 2. The molecule has 0 aliphatic rings. The number of hydrogen-bond acceptors (Lipinski definition) is 4. The first-order valence-corrected chi connectivity index (χ1v) is 6.97. The molecule has 0 fully saturated rings. The second kappa shape index (κ2) is 7.47. The van der Waals surface area contributed by atoms with E-state index in [0.29, 0.717) is 16.3 Å². The van der Waals surface area contributed by atoms with E-state index >= 15 is 0 Å². The maximum Gasteiger partial charge on any atom is 0.280 e. The molecule has 2 aromatic carbocycles. The van der Waals surface area contributed by atoms with Gasteiger partial charge in [-0.1, -0.05) is 29.8 Å². The molecule has 2 N–H and O–H groups in total. The van der Waals surface area contributed by atoms with Crippen LogP contribution in [0.15, 0.2) is 53.6 Å². The Morgan fingerprint density at radius 3 is 2.82 bits per heavy atom. The Bertz CT molecular complexity index is 689. The highest BCUT2D eigenvalue weighted by molar-refractivity contribution is 6.30. The van der Waals surface area contributed by atoms with Gasteiger partial charge in [-0.25, -0.2) is 5.43 Å². The van der Waals surface area contributed by atoms with E-state index in [4.69, 9.17) is 16.3 Å². The molecule has 0 unspecified atom stereocenters. The van der Waals surface area contributed by atoms with Crippen LogP contribution in [-0.4, -0.2) is 23.3 Å². The zero-order valence-corrected chi connectivity index (χ0v) is 12.6. The summed E-state index contributed by atoms with van der Waals surface area (Å²) in [6.45, 7) is 1.60. The molecule has 22 heavy (non-hydrogen) atoms. The van der Waals surface area contributed by atoms with Crippen molar-refractivity contribution in [2.24, 2.45) is 5.10 Å². The number of benzene rings is 2. The van der Waals surface area contributed by atoms with Gasteiger partial charge in [0.25, 0.3) is 5.91 Å². The largest absolute Gasteiger partial charge is 0.507 e. The van der Waals surface area contributed by atoms with Crippen LogP contribution in [0.2, 0.25) is 5.02 Å². The van der Waals surface area contributed by atoms with Gasteiger partial charge >= 0.3 is 0 Å². The van der Waals surface area contributed by atoms with Gasteiger partial charge in [0.05, 0.1) is 6.21 Å². The number of nitrogens with one attached hydrogen (secondary N) is 1. The van der Waals surface area contributed by atoms with Crippen molar-refractivity contribution in [3.8, 4) is 11.5 Å². The number of hydrazone groups is 1. The number of amides is 1. The van der Waals surface area contributed by atoms with Gasteiger partial charge in [0.1, 0.15) is 11.5 Å². The first kappa shape index (κ1) is 15.9. The van der Waals surface area contributed by atoms with E-state index in [1.807, 2.05) is 0 Å². The third-order valence-corrected chi connectivity index (χ3v) is 3.03. The van der Waals surface area contributed by atoms with E-state index in [1.54, 1.807) is 49.4 Å². The summed E-state index contributed by atoms with van der Waals surface area (Å²) >= 11 is 5.85. The molecule has 0 spiro atoms. The minimum atomic E-state index is -0.736. The number of nitrogens with zero attached hydrogens (tertiary/aromatic N) is 1. The Labute approximate surface area is 133 Å². The van der Waals surface area contributed by atoms with Crippen LogP contribution in [0.25, 0.3) is 0 Å². The third-order valence-electron chi connectivity index (χ3n) is 2.79. The Hall–Kier alpha value is -2.53. The molecule has 0 saturated carbocycles. The zero-order chi connectivity index (χ0) is 15.9. The Morgan fingerprint density at radius 1 is 1.32 bits per heavy atom. The fourth-order valence-corrected chi connectivity index (χ4v) is 1.83. The monoisotopic (exact) mass is 318 g/mol. The van der Waals surface area contributed by atoms with Crippen molar-refractivity contribution in [2.45, 2.75) is 13.0 Å². The third kappa shape index (κ3) is 4.49. The predicted molar refractivity (Wildman–Crippen MR) is 85.4 cm³/mol. The molecule has 0 aromatic heterocycles. The van der Waals surface area contributed by atoms with Gasteiger partial charge in [-0.15, -0.1) is 0 Å². The molecular weight excluding hydrogens is 304 g/mol. The fraction of sp³-hybridized carbons (Fsp3) is 0.125. The molecular formula is C16H15ClN2O3. The van der Waals surface area contributed by atoms with E-state index in [9.17, 15) is 9.90 Å². The van der Waals surface area contributed by atoms with Gasteiger partial charge in [0, 0.05) is 10.6 Å². The Kier molecular flexibility index (Phi) is 5.38. The maximum atomic E-state index is 11.9. The first-order chi connectivity index (χ1) is 10.6. The van der Waals surface area contributed by atoms with Gasteiger partial charge in [-0.05, 0) is 37.3 Å². The summed E-state index contributed by atoms with van der Waals surface area (Å²) < 4.78 is 5.46. The number of carbonyl (C=O) groups is 1. The highest BCUT2D eigenvalue weighted by atomic mass is 35.5. The number of phenolic OH excluding ortho intramolecular Hbond substituents is 1. The van der Waals surface area contributed by atoms with Crippen molar-refractivity contribution < 1.29 is 14.6 Å². The second-order valence-corrected chi connectivity index (χ2v) is 4.95. The van der Waals surface area contributed by atoms with Crippen molar-refractivity contribution in [2.75, 3.05) is 0 Å². The molecule has 114 valence electrons. The molecule has 0 saturated heterocycles. The minimum Gasteiger partial charge on any atom is -0.507 e. The van der Waals surface area contributed by atoms with E-state index in [2.05, 4.69) is 10.5 Å². The van der Waals surface area contributed by atoms with Gasteiger partial charge in [-0.2, -0.15) is 5.10 Å². The average Bonchev–Trinajstić information content (AvgIpc) is 2.49. The average molecular weight is 319 g/mol. The Morgan fingerprint density at radius 2 is 2.09 bits per heavy atom. The molecule has 2 aromatic rings. The van der Waals surface area contributed by atoms with E-state index in [1.165, 1.54) is 12.3 Å². The number of halogens is 1. The number of para-hydroxylation sites is 1. The quantitative estimate of drug-likeness (QED) is 0.657. The summed E-state index contributed by atoms with van der Waals surface area (Å²) in [6, 6.07) is 13.5. The van der Waals surface area contributed by atoms with Crippen LogP contribution < -0.4 is 10.2 Å². The molecule has 0 aliphatic heterocycles. The van der Waals surface area contributed by atoms with Crippen molar-refractivity contribution in [3.63, 3.8) is 0 Å². The summed E-state index contributed by atoms with van der Waals surface area (Å²) in [4.78, 5) is 11.9. The lowest BCUT2D eigenvalue weighted by atomic mass is 10.2. The number of aromatic hydroxyl groups is 1. The van der Waals surface area contributed by atoms with Crippen LogP contribution in [0.3, 0.4) is 0 Å². The van der Waals surface area contributed by atoms with Gasteiger partial charge < -0.3 is 9.84 Å². The number of ether oxygens (including phenoxy) is 1. The smallest absolute Gasteiger partial charge is 0.280 e. The number of carbonyl (C=O) groups excluding carboxylic acids is 1. The molecule has 5 nitrogen and oxygen atoms in total. The predicted octanol–water partition coefficient (Wildman–Crippen LogP) is 2.96. The maximum absolute atomic E-state index is 11.9. The van der Waals surface area contributed by atoms with Crippen LogP contribution in [0.5, 0.6) is 11.5 Å². The first-order valence-electron chi connectivity index (χ1n) is 6.59. The summed E-state index contributed by atoms with van der Waals surface area (Å²) in [7, 11) is 0. The molecule has 0 bridgehead atoms. The van der Waals surface area contributed by atoms with Crippen LogP contribution >= 0.6 is 11.6 Å². The van der Waals surface area contributed by atoms with Crippen molar-refractivity contribution in [1.29, 1.82) is 0 Å². The highest BCUT2D eigenvalue weighted by Crippen LogP contribution is 2.18. The van der Waals surface area contributed by atoms with Gasteiger partial charge in [-0.3, -0.25) is 4.79 Å². The summed E-state index contributed by atoms with van der Waals surface area (Å²) in [5.41, 5.74) is 2.86. The Balaban J connectivity index is 1.90. The number of rotatable bonds is 5. The second-order valence-electron chi connectivity index (χ2n) is 4.51. The highest BCUT2D eigenvalue weighted by Gasteiger charge is 2.13. The van der Waals surface area contributed by atoms with Crippen LogP contribution in [0, 0.1) is 0 Å². The molecule has 0 radical (unpaired) electrons. The van der Waals surface area contributed by atoms with Crippen LogP contribution in [-0.2, 0) is 4.79 Å². The summed E-state index contributed by atoms with van der Waals surface area (Å²) in [5, 5.41) is 13.9. The van der Waals surface area contributed by atoms with Gasteiger partial charge in [0.2, 0.25) is 0 Å². The molecule has 0 heterocycles. The van der Waals surface area contributed by atoms with E-state index in [0.717, 1.165) is 0 Å².